The van der Waals surface area contributed by atoms with Gasteiger partial charge in [-0.2, -0.15) is 0 Å². The molecule has 0 amide bonds. The fraction of sp³-hybridized carbons (Fsp3) is 0. The van der Waals surface area contributed by atoms with Crippen LogP contribution in [0, 0.1) is 0 Å². The number of aromatic amines is 1. The predicted octanol–water partition coefficient (Wildman–Crippen LogP) is -4.41. The van der Waals surface area contributed by atoms with Crippen LogP contribution in [0.4, 0.5) is 0 Å². The third kappa shape index (κ3) is 3.39. The van der Waals surface area contributed by atoms with Gasteiger partial charge in [0.15, 0.2) is 5.56 Å². The van der Waals surface area contributed by atoms with Crippen LogP contribution in [0.3, 0.4) is 0 Å². The van der Waals surface area contributed by atoms with Gasteiger partial charge in [0.2, 0.25) is 0 Å². The van der Waals surface area contributed by atoms with Gasteiger partial charge in [-0.05, 0) is 12.1 Å². The molecule has 0 radical (unpaired) electrons. The number of aromatic carboxylic acids is 2. The van der Waals surface area contributed by atoms with E-state index < -0.39 is 34.4 Å². The number of hydrogen-bond donors (Lipinski definition) is 2. The zero-order valence-electron chi connectivity index (χ0n) is 10.8. The smallest absolute Gasteiger partial charge is 0.543 e. The Labute approximate surface area is 159 Å². The SMILES string of the molecule is O=C([O-])c1[nH]c(=O)n(-c2ccccc2)c(=O)c1C(=O)O.[K+]. The largest absolute Gasteiger partial charge is 1.00 e. The van der Waals surface area contributed by atoms with Crippen molar-refractivity contribution in [1.82, 2.24) is 9.55 Å². The fourth-order valence-corrected chi connectivity index (χ4v) is 1.70. The molecule has 21 heavy (non-hydrogen) atoms. The Morgan fingerprint density at radius 2 is 1.71 bits per heavy atom. The minimum absolute atomic E-state index is 0. The number of carbonyl (C=O) groups is 2. The first-order valence-corrected chi connectivity index (χ1v) is 5.33. The summed E-state index contributed by atoms with van der Waals surface area (Å²) in [6.45, 7) is 0. The second-order valence-corrected chi connectivity index (χ2v) is 3.75. The Kier molecular flexibility index (Phi) is 5.81. The molecule has 0 aliphatic rings. The van der Waals surface area contributed by atoms with E-state index in [4.69, 9.17) is 5.11 Å². The van der Waals surface area contributed by atoms with Crippen molar-refractivity contribution >= 4 is 11.9 Å². The van der Waals surface area contributed by atoms with E-state index in [-0.39, 0.29) is 57.1 Å². The summed E-state index contributed by atoms with van der Waals surface area (Å²) in [5.74, 6) is -3.72. The van der Waals surface area contributed by atoms with Gasteiger partial charge in [0.1, 0.15) is 0 Å². The van der Waals surface area contributed by atoms with Crippen LogP contribution in [0.15, 0.2) is 39.9 Å². The van der Waals surface area contributed by atoms with Crippen molar-refractivity contribution in [3.05, 3.63) is 62.4 Å². The normalized spacial score (nSPS) is 9.71. The molecule has 0 bridgehead atoms. The summed E-state index contributed by atoms with van der Waals surface area (Å²) in [4.78, 5) is 47.4. The van der Waals surface area contributed by atoms with Gasteiger partial charge in [0, 0.05) is 0 Å². The number of carboxylic acid groups (broad SMARTS) is 2. The van der Waals surface area contributed by atoms with E-state index in [0.29, 0.717) is 4.57 Å². The van der Waals surface area contributed by atoms with E-state index in [1.54, 1.807) is 6.07 Å². The Bertz CT molecular complexity index is 809. The maximum Gasteiger partial charge on any atom is 1.00 e. The van der Waals surface area contributed by atoms with Crippen LogP contribution >= 0.6 is 0 Å². The molecule has 0 unspecified atom stereocenters. The fourth-order valence-electron chi connectivity index (χ4n) is 1.70. The van der Waals surface area contributed by atoms with Crippen LogP contribution in [-0.4, -0.2) is 26.6 Å². The average Bonchev–Trinajstić information content (AvgIpc) is 2.38. The number of nitrogens with zero attached hydrogens (tertiary/aromatic N) is 1. The summed E-state index contributed by atoms with van der Waals surface area (Å²) in [5, 5.41) is 19.7. The first-order valence-electron chi connectivity index (χ1n) is 5.33. The van der Waals surface area contributed by atoms with E-state index in [1.807, 2.05) is 4.98 Å². The molecule has 1 aromatic heterocycles. The molecule has 2 N–H and O–H groups in total. The molecule has 0 atom stereocenters. The van der Waals surface area contributed by atoms with Gasteiger partial charge in [-0.25, -0.2) is 14.2 Å². The minimum Gasteiger partial charge on any atom is -0.543 e. The molecule has 0 fully saturated rings. The maximum atomic E-state index is 12.0. The van der Waals surface area contributed by atoms with Gasteiger partial charge < -0.3 is 20.0 Å². The Balaban J connectivity index is 0.00000220. The number of carboxylic acids is 2. The molecule has 1 heterocycles. The molecular formula is C12H7KN2O6. The zero-order chi connectivity index (χ0) is 14.9. The topological polar surface area (TPSA) is 132 Å². The van der Waals surface area contributed by atoms with Crippen molar-refractivity contribution in [2.75, 3.05) is 0 Å². The van der Waals surface area contributed by atoms with Crippen LogP contribution < -0.4 is 67.7 Å². The molecule has 102 valence electrons. The van der Waals surface area contributed by atoms with Crippen LogP contribution in [0.1, 0.15) is 20.8 Å². The number of nitrogens with one attached hydrogen (secondary N) is 1. The van der Waals surface area contributed by atoms with Gasteiger partial charge in [-0.1, -0.05) is 18.2 Å². The second kappa shape index (κ2) is 6.96. The molecule has 0 spiro atoms. The molecule has 8 nitrogen and oxygen atoms in total. The van der Waals surface area contributed by atoms with E-state index in [1.165, 1.54) is 24.3 Å². The van der Waals surface area contributed by atoms with E-state index >= 15 is 0 Å². The zero-order valence-corrected chi connectivity index (χ0v) is 13.9. The molecular weight excluding hydrogens is 307 g/mol. The van der Waals surface area contributed by atoms with Crippen molar-refractivity contribution in [2.24, 2.45) is 0 Å². The third-order valence-electron chi connectivity index (χ3n) is 2.53. The number of rotatable bonds is 3. The first kappa shape index (κ1) is 17.5. The number of benzene rings is 1. The summed E-state index contributed by atoms with van der Waals surface area (Å²) in [6.07, 6.45) is 0. The van der Waals surface area contributed by atoms with Crippen molar-refractivity contribution in [3.8, 4) is 5.69 Å². The molecule has 0 aliphatic heterocycles. The van der Waals surface area contributed by atoms with E-state index in [2.05, 4.69) is 0 Å². The third-order valence-corrected chi connectivity index (χ3v) is 2.53. The number of aromatic nitrogens is 2. The van der Waals surface area contributed by atoms with Crippen molar-refractivity contribution in [2.45, 2.75) is 0 Å². The van der Waals surface area contributed by atoms with E-state index in [0.717, 1.165) is 0 Å². The van der Waals surface area contributed by atoms with Gasteiger partial charge >= 0.3 is 63.0 Å². The molecule has 9 heteroatoms. The monoisotopic (exact) mass is 314 g/mol. The van der Waals surface area contributed by atoms with Gasteiger partial charge in [0.25, 0.3) is 5.56 Å². The standard InChI is InChI=1S/C12H8N2O6.K/c15-9-7(10(16)17)8(11(18)19)13-12(20)14(9)6-4-2-1-3-5-6;/h1-5H,(H,13,20)(H,16,17)(H,18,19);/q;+1/p-1. The molecule has 0 aliphatic carbocycles. The van der Waals surface area contributed by atoms with Crippen LogP contribution in [0.5, 0.6) is 0 Å². The quantitative estimate of drug-likeness (QED) is 0.550. The predicted molar refractivity (Wildman–Crippen MR) is 63.9 cm³/mol. The summed E-state index contributed by atoms with van der Waals surface area (Å²) in [6, 6.07) is 7.51. The summed E-state index contributed by atoms with van der Waals surface area (Å²) in [5.41, 5.74) is -4.31. The molecule has 0 saturated carbocycles. The first-order chi connectivity index (χ1) is 9.43. The van der Waals surface area contributed by atoms with Crippen molar-refractivity contribution in [1.29, 1.82) is 0 Å². The summed E-state index contributed by atoms with van der Waals surface area (Å²) < 4.78 is 0.538. The number of H-pyrrole nitrogens is 1. The Morgan fingerprint density at radius 1 is 1.14 bits per heavy atom. The van der Waals surface area contributed by atoms with Crippen molar-refractivity contribution in [3.63, 3.8) is 0 Å². The Hall–Kier alpha value is -1.52. The molecule has 2 aromatic rings. The van der Waals surface area contributed by atoms with Crippen LogP contribution in [0.25, 0.3) is 5.69 Å². The van der Waals surface area contributed by atoms with Gasteiger partial charge in [-0.3, -0.25) is 4.79 Å². The molecule has 0 saturated heterocycles. The van der Waals surface area contributed by atoms with Crippen molar-refractivity contribution < 1.29 is 71.2 Å². The summed E-state index contributed by atoms with van der Waals surface area (Å²) >= 11 is 0. The number of carbonyl (C=O) groups excluding carboxylic acids is 1. The minimum atomic E-state index is -1.95. The number of hydrogen-bond acceptors (Lipinski definition) is 5. The average molecular weight is 314 g/mol. The van der Waals surface area contributed by atoms with E-state index in [9.17, 15) is 24.3 Å². The van der Waals surface area contributed by atoms with Crippen LogP contribution in [-0.2, 0) is 0 Å². The van der Waals surface area contributed by atoms with Gasteiger partial charge in [-0.15, -0.1) is 0 Å². The number of para-hydroxylation sites is 1. The Morgan fingerprint density at radius 3 is 2.19 bits per heavy atom. The molecule has 2 rings (SSSR count). The maximum absolute atomic E-state index is 12.0. The van der Waals surface area contributed by atoms with Gasteiger partial charge in [0.05, 0.1) is 17.4 Å². The summed E-state index contributed by atoms with van der Waals surface area (Å²) in [7, 11) is 0. The molecule has 1 aromatic carbocycles. The second-order valence-electron chi connectivity index (χ2n) is 3.75. The van der Waals surface area contributed by atoms with Crippen LogP contribution in [0.2, 0.25) is 0 Å².